The number of fused-ring (bicyclic) bond motifs is 1. The number of aromatic nitrogens is 1. The highest BCUT2D eigenvalue weighted by Gasteiger charge is 2.13. The van der Waals surface area contributed by atoms with E-state index in [-0.39, 0.29) is 5.91 Å². The fraction of sp³-hybridized carbons (Fsp3) is 0. The van der Waals surface area contributed by atoms with Crippen molar-refractivity contribution in [2.45, 2.75) is 0 Å². The van der Waals surface area contributed by atoms with Crippen molar-refractivity contribution in [2.24, 2.45) is 0 Å². The molecule has 4 rings (SSSR count). The van der Waals surface area contributed by atoms with E-state index < -0.39 is 0 Å². The normalized spacial score (nSPS) is 11.3. The zero-order valence-electron chi connectivity index (χ0n) is 15.1. The number of halogens is 4. The van der Waals surface area contributed by atoms with Crippen LogP contribution in [-0.2, 0) is 4.79 Å². The first-order chi connectivity index (χ1) is 14.4. The van der Waals surface area contributed by atoms with Crippen LogP contribution in [0.25, 0.3) is 28.6 Å². The van der Waals surface area contributed by atoms with Gasteiger partial charge in [0.2, 0.25) is 11.8 Å². The van der Waals surface area contributed by atoms with E-state index in [1.165, 1.54) is 6.08 Å². The maximum Gasteiger partial charge on any atom is 0.248 e. The SMILES string of the molecule is O=C(/C=C/c1ccc(Cl)cc1Cl)Nc1ccc2oc(-c3cc(I)ccc3Br)nc2c1. The molecule has 0 aliphatic rings. The predicted octanol–water partition coefficient (Wildman–Crippen LogP) is 7.82. The molecule has 0 saturated carbocycles. The van der Waals surface area contributed by atoms with Crippen molar-refractivity contribution in [3.05, 3.63) is 84.3 Å². The maximum absolute atomic E-state index is 12.3. The predicted molar refractivity (Wildman–Crippen MR) is 134 cm³/mol. The van der Waals surface area contributed by atoms with Crippen LogP contribution in [0.4, 0.5) is 5.69 Å². The molecule has 8 heteroatoms. The number of rotatable bonds is 4. The van der Waals surface area contributed by atoms with Crippen LogP contribution in [0.2, 0.25) is 10.0 Å². The number of oxazole rings is 1. The van der Waals surface area contributed by atoms with E-state index in [9.17, 15) is 4.79 Å². The number of benzene rings is 3. The summed E-state index contributed by atoms with van der Waals surface area (Å²) in [5, 5.41) is 3.84. The van der Waals surface area contributed by atoms with Crippen LogP contribution in [0.5, 0.6) is 0 Å². The number of carbonyl (C=O) groups is 1. The Morgan fingerprint density at radius 2 is 1.93 bits per heavy atom. The van der Waals surface area contributed by atoms with Gasteiger partial charge in [0.15, 0.2) is 5.58 Å². The zero-order chi connectivity index (χ0) is 21.3. The standard InChI is InChI=1S/C22H12BrCl2IN2O2/c23-17-6-4-14(26)10-16(17)22-28-19-11-15(5-7-20(19)30-22)27-21(29)8-2-12-1-3-13(24)9-18(12)25/h1-11H,(H,27,29)/b8-2+. The van der Waals surface area contributed by atoms with Gasteiger partial charge in [-0.2, -0.15) is 0 Å². The lowest BCUT2D eigenvalue weighted by atomic mass is 10.2. The molecular weight excluding hydrogens is 602 g/mol. The molecule has 0 saturated heterocycles. The summed E-state index contributed by atoms with van der Waals surface area (Å²) in [6.45, 7) is 0. The van der Waals surface area contributed by atoms with Gasteiger partial charge in [0, 0.05) is 29.9 Å². The molecule has 1 heterocycles. The van der Waals surface area contributed by atoms with Gasteiger partial charge in [-0.1, -0.05) is 29.3 Å². The summed E-state index contributed by atoms with van der Waals surface area (Å²) >= 11 is 17.8. The van der Waals surface area contributed by atoms with Crippen LogP contribution in [0.1, 0.15) is 5.56 Å². The highest BCUT2D eigenvalue weighted by atomic mass is 127. The fourth-order valence-electron chi connectivity index (χ4n) is 2.77. The first-order valence-electron chi connectivity index (χ1n) is 8.69. The first kappa shape index (κ1) is 21.4. The molecule has 0 aliphatic carbocycles. The zero-order valence-corrected chi connectivity index (χ0v) is 20.4. The van der Waals surface area contributed by atoms with E-state index in [1.807, 2.05) is 18.2 Å². The van der Waals surface area contributed by atoms with Crippen molar-refractivity contribution in [3.8, 4) is 11.5 Å². The summed E-state index contributed by atoms with van der Waals surface area (Å²) in [7, 11) is 0. The van der Waals surface area contributed by atoms with Crippen molar-refractivity contribution in [3.63, 3.8) is 0 Å². The maximum atomic E-state index is 12.3. The van der Waals surface area contributed by atoms with E-state index in [2.05, 4.69) is 48.8 Å². The minimum atomic E-state index is -0.288. The second-order valence-electron chi connectivity index (χ2n) is 6.31. The van der Waals surface area contributed by atoms with Crippen molar-refractivity contribution in [1.82, 2.24) is 4.98 Å². The highest BCUT2D eigenvalue weighted by Crippen LogP contribution is 2.32. The molecule has 1 amide bonds. The van der Waals surface area contributed by atoms with Crippen LogP contribution in [0, 0.1) is 3.57 Å². The molecule has 0 aliphatic heterocycles. The molecule has 30 heavy (non-hydrogen) atoms. The number of hydrogen-bond donors (Lipinski definition) is 1. The lowest BCUT2D eigenvalue weighted by Crippen LogP contribution is -2.07. The van der Waals surface area contributed by atoms with Gasteiger partial charge in [0.05, 0.1) is 5.56 Å². The summed E-state index contributed by atoms with van der Waals surface area (Å²) < 4.78 is 7.86. The number of nitrogens with zero attached hydrogens (tertiary/aromatic N) is 1. The lowest BCUT2D eigenvalue weighted by Gasteiger charge is -2.02. The Balaban J connectivity index is 1.54. The van der Waals surface area contributed by atoms with E-state index >= 15 is 0 Å². The summed E-state index contributed by atoms with van der Waals surface area (Å²) in [5.74, 6) is 0.223. The monoisotopic (exact) mass is 612 g/mol. The Kier molecular flexibility index (Phi) is 6.48. The summed E-state index contributed by atoms with van der Waals surface area (Å²) in [4.78, 5) is 16.9. The van der Waals surface area contributed by atoms with Gasteiger partial charge in [0.1, 0.15) is 5.52 Å². The van der Waals surface area contributed by atoms with Crippen LogP contribution >= 0.6 is 61.7 Å². The van der Waals surface area contributed by atoms with Gasteiger partial charge in [-0.3, -0.25) is 4.79 Å². The third kappa shape index (κ3) is 4.88. The third-order valence-corrected chi connectivity index (χ3v) is 6.12. The number of anilines is 1. The topological polar surface area (TPSA) is 55.1 Å². The van der Waals surface area contributed by atoms with Crippen LogP contribution < -0.4 is 5.32 Å². The van der Waals surface area contributed by atoms with Crippen LogP contribution in [0.3, 0.4) is 0 Å². The van der Waals surface area contributed by atoms with Gasteiger partial charge in [0.25, 0.3) is 0 Å². The largest absolute Gasteiger partial charge is 0.436 e. The second-order valence-corrected chi connectivity index (χ2v) is 9.26. The van der Waals surface area contributed by atoms with Crippen molar-refractivity contribution in [1.29, 1.82) is 0 Å². The molecule has 4 aromatic rings. The molecule has 0 bridgehead atoms. The van der Waals surface area contributed by atoms with Crippen LogP contribution in [0.15, 0.2) is 69.6 Å². The quantitative estimate of drug-likeness (QED) is 0.189. The van der Waals surface area contributed by atoms with E-state index in [4.69, 9.17) is 27.6 Å². The van der Waals surface area contributed by atoms with E-state index in [0.717, 1.165) is 13.6 Å². The van der Waals surface area contributed by atoms with Crippen molar-refractivity contribution < 1.29 is 9.21 Å². The van der Waals surface area contributed by atoms with E-state index in [1.54, 1.807) is 42.5 Å². The molecule has 1 N–H and O–H groups in total. The van der Waals surface area contributed by atoms with Crippen molar-refractivity contribution in [2.75, 3.05) is 5.32 Å². The fourth-order valence-corrected chi connectivity index (χ4v) is 4.15. The Morgan fingerprint density at radius 3 is 2.73 bits per heavy atom. The molecule has 0 spiro atoms. The molecule has 150 valence electrons. The van der Waals surface area contributed by atoms with Gasteiger partial charge in [-0.05, 0) is 98.7 Å². The Morgan fingerprint density at radius 1 is 1.10 bits per heavy atom. The average molecular weight is 614 g/mol. The summed E-state index contributed by atoms with van der Waals surface area (Å²) in [6.07, 6.45) is 3.05. The minimum absolute atomic E-state index is 0.288. The summed E-state index contributed by atoms with van der Waals surface area (Å²) in [6, 6.07) is 16.4. The third-order valence-electron chi connectivity index (χ3n) is 4.19. The molecule has 3 aromatic carbocycles. The van der Waals surface area contributed by atoms with Gasteiger partial charge < -0.3 is 9.73 Å². The first-order valence-corrected chi connectivity index (χ1v) is 11.3. The number of amides is 1. The number of hydrogen-bond acceptors (Lipinski definition) is 3. The Labute approximate surface area is 204 Å². The molecule has 0 radical (unpaired) electrons. The molecule has 1 aromatic heterocycles. The highest BCUT2D eigenvalue weighted by molar-refractivity contribution is 14.1. The molecular formula is C22H12BrCl2IN2O2. The number of carbonyl (C=O) groups excluding carboxylic acids is 1. The van der Waals surface area contributed by atoms with Gasteiger partial charge >= 0.3 is 0 Å². The lowest BCUT2D eigenvalue weighted by molar-refractivity contribution is -0.111. The van der Waals surface area contributed by atoms with Crippen molar-refractivity contribution >= 4 is 90.5 Å². The molecule has 0 atom stereocenters. The smallest absolute Gasteiger partial charge is 0.248 e. The van der Waals surface area contributed by atoms with E-state index in [0.29, 0.717) is 38.3 Å². The Bertz CT molecular complexity index is 1300. The molecule has 4 nitrogen and oxygen atoms in total. The second kappa shape index (κ2) is 9.09. The number of nitrogens with one attached hydrogen (secondary N) is 1. The average Bonchev–Trinajstić information content (AvgIpc) is 3.12. The minimum Gasteiger partial charge on any atom is -0.436 e. The van der Waals surface area contributed by atoms with Crippen LogP contribution in [-0.4, -0.2) is 10.9 Å². The molecule has 0 unspecified atom stereocenters. The Hall–Kier alpha value is -1.87. The van der Waals surface area contributed by atoms with Gasteiger partial charge in [-0.25, -0.2) is 4.98 Å². The van der Waals surface area contributed by atoms with Gasteiger partial charge in [-0.15, -0.1) is 0 Å². The molecule has 0 fully saturated rings. The summed E-state index contributed by atoms with van der Waals surface area (Å²) in [5.41, 5.74) is 3.47.